The summed E-state index contributed by atoms with van der Waals surface area (Å²) in [4.78, 5) is 45.0. The fraction of sp³-hybridized carbons (Fsp3) is 0.577. The number of aromatic amines is 1. The van der Waals surface area contributed by atoms with Gasteiger partial charge in [0.25, 0.3) is 5.56 Å². The first-order valence-corrected chi connectivity index (χ1v) is 12.7. The van der Waals surface area contributed by atoms with Crippen LogP contribution >= 0.6 is 0 Å². The molecule has 0 bridgehead atoms. The third kappa shape index (κ3) is 5.43. The van der Waals surface area contributed by atoms with Crippen LogP contribution in [0.15, 0.2) is 27.8 Å². The van der Waals surface area contributed by atoms with Crippen molar-refractivity contribution < 1.29 is 14.3 Å². The fourth-order valence-corrected chi connectivity index (χ4v) is 4.99. The number of hydrogen-bond acceptors (Lipinski definition) is 7. The molecule has 3 N–H and O–H groups in total. The van der Waals surface area contributed by atoms with Gasteiger partial charge < -0.3 is 20.1 Å². The SMILES string of the molecule is CC(C)CN(C(=O)CN1CCCC1c1ccc2c(c1)OCCO2)c1c(N)n(CC(C)C)c(=O)[nH]c1=O. The number of aromatic nitrogens is 2. The summed E-state index contributed by atoms with van der Waals surface area (Å²) in [6.45, 7) is 10.5. The van der Waals surface area contributed by atoms with Crippen molar-refractivity contribution in [3.8, 4) is 11.5 Å². The molecule has 4 rings (SSSR count). The monoisotopic (exact) mass is 499 g/mol. The summed E-state index contributed by atoms with van der Waals surface area (Å²) in [7, 11) is 0. The van der Waals surface area contributed by atoms with Crippen LogP contribution in [0, 0.1) is 11.8 Å². The molecule has 3 heterocycles. The normalized spacial score (nSPS) is 17.7. The largest absolute Gasteiger partial charge is 0.486 e. The molecule has 10 nitrogen and oxygen atoms in total. The van der Waals surface area contributed by atoms with Gasteiger partial charge in [0.05, 0.1) is 6.54 Å². The number of hydrogen-bond donors (Lipinski definition) is 2. The molecule has 0 spiro atoms. The Morgan fingerprint density at radius 1 is 1.14 bits per heavy atom. The van der Waals surface area contributed by atoms with Crippen LogP contribution in [0.2, 0.25) is 0 Å². The highest BCUT2D eigenvalue weighted by Gasteiger charge is 2.32. The number of likely N-dealkylation sites (tertiary alicyclic amines) is 1. The van der Waals surface area contributed by atoms with Gasteiger partial charge in [-0.15, -0.1) is 0 Å². The number of carbonyl (C=O) groups excluding carboxylic acids is 1. The van der Waals surface area contributed by atoms with Crippen molar-refractivity contribution in [1.29, 1.82) is 0 Å². The molecule has 1 amide bonds. The number of nitrogen functional groups attached to an aromatic ring is 1. The smallest absolute Gasteiger partial charge is 0.330 e. The molecule has 1 fully saturated rings. The zero-order valence-electron chi connectivity index (χ0n) is 21.6. The van der Waals surface area contributed by atoms with Crippen LogP contribution in [-0.4, -0.2) is 53.2 Å². The zero-order chi connectivity index (χ0) is 26.0. The quantitative estimate of drug-likeness (QED) is 0.572. The number of fused-ring (bicyclic) bond motifs is 1. The summed E-state index contributed by atoms with van der Waals surface area (Å²) < 4.78 is 12.7. The van der Waals surface area contributed by atoms with E-state index >= 15 is 0 Å². The number of carbonyl (C=O) groups is 1. The fourth-order valence-electron chi connectivity index (χ4n) is 4.99. The summed E-state index contributed by atoms with van der Waals surface area (Å²) in [5.41, 5.74) is 6.26. The molecule has 36 heavy (non-hydrogen) atoms. The van der Waals surface area contributed by atoms with E-state index in [9.17, 15) is 14.4 Å². The Kier molecular flexibility index (Phi) is 7.73. The molecular formula is C26H37N5O5. The maximum atomic E-state index is 13.7. The Hall–Kier alpha value is -3.27. The second-order valence-corrected chi connectivity index (χ2v) is 10.4. The van der Waals surface area contributed by atoms with Crippen LogP contribution in [0.25, 0.3) is 0 Å². The van der Waals surface area contributed by atoms with Crippen molar-refractivity contribution in [3.63, 3.8) is 0 Å². The van der Waals surface area contributed by atoms with Gasteiger partial charge >= 0.3 is 5.69 Å². The predicted octanol–water partition coefficient (Wildman–Crippen LogP) is 2.37. The van der Waals surface area contributed by atoms with Crippen LogP contribution in [0.1, 0.15) is 52.1 Å². The van der Waals surface area contributed by atoms with E-state index in [1.165, 1.54) is 9.47 Å². The molecule has 1 atom stereocenters. The highest BCUT2D eigenvalue weighted by molar-refractivity contribution is 5.97. The summed E-state index contributed by atoms with van der Waals surface area (Å²) in [6.07, 6.45) is 1.87. The summed E-state index contributed by atoms with van der Waals surface area (Å²) in [5, 5.41) is 0. The molecule has 2 aliphatic heterocycles. The third-order valence-electron chi connectivity index (χ3n) is 6.53. The molecule has 2 aliphatic rings. The number of benzene rings is 1. The van der Waals surface area contributed by atoms with Gasteiger partial charge in [-0.2, -0.15) is 0 Å². The molecule has 0 aliphatic carbocycles. The van der Waals surface area contributed by atoms with Crippen molar-refractivity contribution in [3.05, 3.63) is 44.6 Å². The number of anilines is 2. The molecule has 2 aromatic rings. The lowest BCUT2D eigenvalue weighted by Crippen LogP contribution is -2.46. The second-order valence-electron chi connectivity index (χ2n) is 10.4. The minimum Gasteiger partial charge on any atom is -0.486 e. The van der Waals surface area contributed by atoms with Gasteiger partial charge in [-0.05, 0) is 48.9 Å². The first-order chi connectivity index (χ1) is 17.2. The Morgan fingerprint density at radius 2 is 1.86 bits per heavy atom. The van der Waals surface area contributed by atoms with Crippen LogP contribution in [-0.2, 0) is 11.3 Å². The number of ether oxygens (including phenoxy) is 2. The van der Waals surface area contributed by atoms with Gasteiger partial charge in [-0.1, -0.05) is 33.8 Å². The minimum absolute atomic E-state index is 0.0243. The Balaban J connectivity index is 1.62. The van der Waals surface area contributed by atoms with Crippen molar-refractivity contribution in [1.82, 2.24) is 14.5 Å². The van der Waals surface area contributed by atoms with E-state index in [0.717, 1.165) is 36.4 Å². The van der Waals surface area contributed by atoms with Crippen LogP contribution in [0.3, 0.4) is 0 Å². The van der Waals surface area contributed by atoms with E-state index in [1.807, 2.05) is 45.9 Å². The molecule has 1 aromatic heterocycles. The first kappa shape index (κ1) is 25.8. The Labute approximate surface area is 211 Å². The first-order valence-electron chi connectivity index (χ1n) is 12.7. The van der Waals surface area contributed by atoms with Gasteiger partial charge in [0, 0.05) is 19.1 Å². The lowest BCUT2D eigenvalue weighted by atomic mass is 10.0. The summed E-state index contributed by atoms with van der Waals surface area (Å²) in [6, 6.07) is 6.00. The minimum atomic E-state index is -0.642. The van der Waals surface area contributed by atoms with Crippen molar-refractivity contribution in [2.45, 2.75) is 53.1 Å². The lowest BCUT2D eigenvalue weighted by Gasteiger charge is -2.30. The van der Waals surface area contributed by atoms with Gasteiger partial charge in [0.1, 0.15) is 19.0 Å². The molecule has 1 unspecified atom stereocenters. The summed E-state index contributed by atoms with van der Waals surface area (Å²) in [5.74, 6) is 1.49. The molecular weight excluding hydrogens is 462 g/mol. The highest BCUT2D eigenvalue weighted by Crippen LogP contribution is 2.38. The van der Waals surface area contributed by atoms with Crippen molar-refractivity contribution in [2.75, 3.05) is 43.5 Å². The van der Waals surface area contributed by atoms with Crippen LogP contribution < -0.4 is 31.4 Å². The Bertz CT molecular complexity index is 1220. The van der Waals surface area contributed by atoms with E-state index < -0.39 is 11.2 Å². The summed E-state index contributed by atoms with van der Waals surface area (Å²) >= 11 is 0. The van der Waals surface area contributed by atoms with E-state index in [-0.39, 0.29) is 41.8 Å². The van der Waals surface area contributed by atoms with Crippen molar-refractivity contribution in [2.24, 2.45) is 11.8 Å². The average molecular weight is 500 g/mol. The Morgan fingerprint density at radius 3 is 2.56 bits per heavy atom. The van der Waals surface area contributed by atoms with Gasteiger partial charge in [-0.25, -0.2) is 4.79 Å². The second kappa shape index (κ2) is 10.8. The van der Waals surface area contributed by atoms with E-state index in [2.05, 4.69) is 9.88 Å². The predicted molar refractivity (Wildman–Crippen MR) is 139 cm³/mol. The van der Waals surface area contributed by atoms with Crippen LogP contribution in [0.5, 0.6) is 11.5 Å². The van der Waals surface area contributed by atoms with E-state index in [0.29, 0.717) is 26.3 Å². The standard InChI is InChI=1S/C26H37N5O5/c1-16(2)13-30(23-24(27)31(14-17(3)4)26(34)28-25(23)33)22(32)15-29-9-5-6-19(29)18-7-8-20-21(12-18)36-11-10-35-20/h7-8,12,16-17,19H,5-6,9-11,13-15,27H2,1-4H3,(H,28,33,34). The molecule has 1 aromatic carbocycles. The lowest BCUT2D eigenvalue weighted by molar-refractivity contribution is -0.120. The van der Waals surface area contributed by atoms with E-state index in [4.69, 9.17) is 15.2 Å². The average Bonchev–Trinajstić information content (AvgIpc) is 3.28. The van der Waals surface area contributed by atoms with Crippen molar-refractivity contribution >= 4 is 17.4 Å². The molecule has 10 heteroatoms. The molecule has 196 valence electrons. The maximum Gasteiger partial charge on any atom is 0.330 e. The molecule has 0 saturated carbocycles. The van der Waals surface area contributed by atoms with Gasteiger partial charge in [0.2, 0.25) is 5.91 Å². The topological polar surface area (TPSA) is 123 Å². The number of H-pyrrole nitrogens is 1. The maximum absolute atomic E-state index is 13.7. The highest BCUT2D eigenvalue weighted by atomic mass is 16.6. The number of nitrogens with zero attached hydrogens (tertiary/aromatic N) is 3. The molecule has 1 saturated heterocycles. The third-order valence-corrected chi connectivity index (χ3v) is 6.53. The van der Waals surface area contributed by atoms with Crippen LogP contribution in [0.4, 0.5) is 11.5 Å². The molecule has 0 radical (unpaired) electrons. The number of rotatable bonds is 8. The van der Waals surface area contributed by atoms with Gasteiger partial charge in [0.15, 0.2) is 17.2 Å². The number of nitrogens with one attached hydrogen (secondary N) is 1. The zero-order valence-corrected chi connectivity index (χ0v) is 21.6. The number of amides is 1. The number of nitrogens with two attached hydrogens (primary N) is 1. The van der Waals surface area contributed by atoms with Gasteiger partial charge in [-0.3, -0.25) is 24.0 Å². The van der Waals surface area contributed by atoms with E-state index in [1.54, 1.807) is 0 Å².